The molecule has 0 fully saturated rings. The van der Waals surface area contributed by atoms with Gasteiger partial charge in [0.25, 0.3) is 5.56 Å². The zero-order valence-electron chi connectivity index (χ0n) is 13.3. The Bertz CT molecular complexity index is 1240. The van der Waals surface area contributed by atoms with Crippen LogP contribution in [-0.2, 0) is 7.05 Å². The van der Waals surface area contributed by atoms with Crippen LogP contribution >= 0.6 is 11.6 Å². The molecule has 0 bridgehead atoms. The maximum atomic E-state index is 12.3. The minimum Gasteiger partial charge on any atom is -0.281 e. The fourth-order valence-electron chi connectivity index (χ4n) is 3.03. The van der Waals surface area contributed by atoms with Crippen LogP contribution in [-0.4, -0.2) is 23.5 Å². The summed E-state index contributed by atoms with van der Waals surface area (Å²) in [5.74, 6) is 0.541. The number of benzene rings is 1. The average molecular weight is 344 g/mol. The molecule has 0 unspecified atom stereocenters. The monoisotopic (exact) mass is 343 g/mol. The Morgan fingerprint density at radius 2 is 1.83 bits per heavy atom. The maximum absolute atomic E-state index is 12.3. The zero-order valence-corrected chi connectivity index (χ0v) is 14.0. The molecule has 0 amide bonds. The van der Waals surface area contributed by atoms with Gasteiger partial charge in [-0.05, 0) is 26.0 Å². The Hall–Kier alpha value is -2.80. The molecule has 0 atom stereocenters. The molecule has 3 heterocycles. The van der Waals surface area contributed by atoms with Crippen LogP contribution in [0.2, 0.25) is 5.02 Å². The number of hydrogen-bond donors (Lipinski definition) is 1. The highest BCUT2D eigenvalue weighted by Crippen LogP contribution is 2.28. The second-order valence-electron chi connectivity index (χ2n) is 5.70. The van der Waals surface area contributed by atoms with Gasteiger partial charge in [0.1, 0.15) is 0 Å². The molecule has 3 aromatic heterocycles. The fourth-order valence-corrected chi connectivity index (χ4v) is 3.25. The molecule has 1 N–H and O–H groups in total. The molecule has 122 valence electrons. The first-order valence-corrected chi connectivity index (χ1v) is 7.74. The van der Waals surface area contributed by atoms with Crippen molar-refractivity contribution in [3.05, 3.63) is 61.5 Å². The van der Waals surface area contributed by atoms with Crippen LogP contribution in [0.25, 0.3) is 22.6 Å². The van der Waals surface area contributed by atoms with Gasteiger partial charge in [-0.25, -0.2) is 4.79 Å². The van der Waals surface area contributed by atoms with E-state index < -0.39 is 11.2 Å². The molecule has 0 aliphatic carbocycles. The lowest BCUT2D eigenvalue weighted by molar-refractivity contribution is 0.830. The molecule has 0 saturated heterocycles. The van der Waals surface area contributed by atoms with Crippen LogP contribution in [0.1, 0.15) is 11.4 Å². The first kappa shape index (κ1) is 14.8. The van der Waals surface area contributed by atoms with Crippen LogP contribution in [0, 0.1) is 13.8 Å². The van der Waals surface area contributed by atoms with Gasteiger partial charge in [-0.1, -0.05) is 23.7 Å². The molecular weight excluding hydrogens is 330 g/mol. The van der Waals surface area contributed by atoms with E-state index in [1.165, 1.54) is 4.57 Å². The Morgan fingerprint density at radius 1 is 1.12 bits per heavy atom. The standard InChI is InChI=1S/C16H14ClN5O2/c1-8-9(2)22-12-13(20(3)16(24)19-14(12)23)18-15(22)21(8)11-7-5-4-6-10(11)17/h4-7H,1-3H3,(H,19,23,24). The van der Waals surface area contributed by atoms with E-state index in [9.17, 15) is 9.59 Å². The largest absolute Gasteiger partial charge is 0.329 e. The number of rotatable bonds is 1. The summed E-state index contributed by atoms with van der Waals surface area (Å²) >= 11 is 6.35. The number of nitrogens with zero attached hydrogens (tertiary/aromatic N) is 4. The Labute approximate surface area is 140 Å². The van der Waals surface area contributed by atoms with E-state index in [1.807, 2.05) is 36.6 Å². The van der Waals surface area contributed by atoms with E-state index in [-0.39, 0.29) is 0 Å². The fraction of sp³-hybridized carbons (Fsp3) is 0.188. The summed E-state index contributed by atoms with van der Waals surface area (Å²) in [6.45, 7) is 3.84. The molecule has 4 rings (SSSR count). The highest BCUT2D eigenvalue weighted by molar-refractivity contribution is 6.32. The van der Waals surface area contributed by atoms with Crippen molar-refractivity contribution in [2.45, 2.75) is 13.8 Å². The van der Waals surface area contributed by atoms with Crippen molar-refractivity contribution in [1.29, 1.82) is 0 Å². The Morgan fingerprint density at radius 3 is 2.54 bits per heavy atom. The van der Waals surface area contributed by atoms with Gasteiger partial charge in [0, 0.05) is 18.4 Å². The third-order valence-electron chi connectivity index (χ3n) is 4.39. The van der Waals surface area contributed by atoms with Crippen molar-refractivity contribution in [3.8, 4) is 5.69 Å². The summed E-state index contributed by atoms with van der Waals surface area (Å²) in [5.41, 5.74) is 2.27. The number of imidazole rings is 2. The highest BCUT2D eigenvalue weighted by Gasteiger charge is 2.21. The van der Waals surface area contributed by atoms with Crippen LogP contribution < -0.4 is 11.2 Å². The normalized spacial score (nSPS) is 11.7. The van der Waals surface area contributed by atoms with Crippen molar-refractivity contribution >= 4 is 28.5 Å². The van der Waals surface area contributed by atoms with Crippen molar-refractivity contribution in [2.75, 3.05) is 0 Å². The second kappa shape index (κ2) is 4.85. The number of para-hydroxylation sites is 1. The number of hydrogen-bond acceptors (Lipinski definition) is 3. The average Bonchev–Trinajstić information content (AvgIpc) is 3.04. The number of halogens is 1. The molecule has 0 aliphatic rings. The summed E-state index contributed by atoms with van der Waals surface area (Å²) in [5, 5.41) is 0.577. The number of fused-ring (bicyclic) bond motifs is 3. The highest BCUT2D eigenvalue weighted by atomic mass is 35.5. The van der Waals surface area contributed by atoms with Gasteiger partial charge in [0.15, 0.2) is 11.2 Å². The third kappa shape index (κ3) is 1.75. The van der Waals surface area contributed by atoms with Crippen LogP contribution in [0.3, 0.4) is 0 Å². The van der Waals surface area contributed by atoms with Crippen LogP contribution in [0.15, 0.2) is 33.9 Å². The predicted octanol–water partition coefficient (Wildman–Crippen LogP) is 1.94. The first-order chi connectivity index (χ1) is 11.4. The number of H-pyrrole nitrogens is 1. The molecule has 1 aromatic carbocycles. The number of aromatic amines is 1. The maximum Gasteiger partial charge on any atom is 0.329 e. The smallest absolute Gasteiger partial charge is 0.281 e. The van der Waals surface area contributed by atoms with Gasteiger partial charge >= 0.3 is 5.69 Å². The molecule has 0 saturated carbocycles. The lowest BCUT2D eigenvalue weighted by Crippen LogP contribution is -2.28. The van der Waals surface area contributed by atoms with E-state index in [4.69, 9.17) is 11.6 Å². The lowest BCUT2D eigenvalue weighted by atomic mass is 10.3. The molecule has 4 aromatic rings. The van der Waals surface area contributed by atoms with Crippen molar-refractivity contribution in [3.63, 3.8) is 0 Å². The number of nitrogens with one attached hydrogen (secondary N) is 1. The van der Waals surface area contributed by atoms with Gasteiger partial charge in [-0.2, -0.15) is 4.98 Å². The summed E-state index contributed by atoms with van der Waals surface area (Å²) in [7, 11) is 1.58. The topological polar surface area (TPSA) is 77.1 Å². The van der Waals surface area contributed by atoms with E-state index in [1.54, 1.807) is 17.5 Å². The second-order valence-corrected chi connectivity index (χ2v) is 6.10. The van der Waals surface area contributed by atoms with E-state index in [0.29, 0.717) is 22.0 Å². The van der Waals surface area contributed by atoms with E-state index >= 15 is 0 Å². The van der Waals surface area contributed by atoms with Crippen molar-refractivity contribution in [2.24, 2.45) is 7.05 Å². The Kier molecular flexibility index (Phi) is 2.98. The molecule has 0 aliphatic heterocycles. The first-order valence-electron chi connectivity index (χ1n) is 7.36. The zero-order chi connectivity index (χ0) is 17.2. The summed E-state index contributed by atoms with van der Waals surface area (Å²) in [4.78, 5) is 31.0. The molecule has 0 spiro atoms. The SMILES string of the molecule is Cc1c(C)n2c3c(=O)[nH]c(=O)n(C)c3nc2n1-c1ccccc1Cl. The van der Waals surface area contributed by atoms with Crippen LogP contribution in [0.4, 0.5) is 0 Å². The van der Waals surface area contributed by atoms with Gasteiger partial charge in [0.05, 0.1) is 10.7 Å². The molecular formula is C16H14ClN5O2. The predicted molar refractivity (Wildman–Crippen MR) is 92.4 cm³/mol. The van der Waals surface area contributed by atoms with Crippen LogP contribution in [0.5, 0.6) is 0 Å². The molecule has 8 heteroatoms. The Balaban J connectivity index is 2.28. The minimum absolute atomic E-state index is 0.336. The molecule has 0 radical (unpaired) electrons. The number of aryl methyl sites for hydroxylation is 2. The summed E-state index contributed by atoms with van der Waals surface area (Å²) < 4.78 is 4.98. The molecule has 24 heavy (non-hydrogen) atoms. The summed E-state index contributed by atoms with van der Waals surface area (Å²) in [6.07, 6.45) is 0. The van der Waals surface area contributed by atoms with E-state index in [2.05, 4.69) is 9.97 Å². The molecule has 7 nitrogen and oxygen atoms in total. The summed E-state index contributed by atoms with van der Waals surface area (Å²) in [6, 6.07) is 7.42. The quantitative estimate of drug-likeness (QED) is 0.573. The lowest BCUT2D eigenvalue weighted by Gasteiger charge is -2.08. The van der Waals surface area contributed by atoms with Gasteiger partial charge in [-0.15, -0.1) is 0 Å². The van der Waals surface area contributed by atoms with Gasteiger partial charge < -0.3 is 0 Å². The van der Waals surface area contributed by atoms with Crippen molar-refractivity contribution < 1.29 is 0 Å². The van der Waals surface area contributed by atoms with Gasteiger partial charge in [-0.3, -0.25) is 23.3 Å². The minimum atomic E-state index is -0.494. The van der Waals surface area contributed by atoms with Crippen molar-refractivity contribution in [1.82, 2.24) is 23.5 Å². The van der Waals surface area contributed by atoms with Gasteiger partial charge in [0.2, 0.25) is 5.78 Å². The third-order valence-corrected chi connectivity index (χ3v) is 4.71. The van der Waals surface area contributed by atoms with E-state index in [0.717, 1.165) is 17.1 Å². The number of aromatic nitrogens is 5.